The molecule has 0 aliphatic carbocycles. The van der Waals surface area contributed by atoms with Crippen LogP contribution < -0.4 is 10.2 Å². The van der Waals surface area contributed by atoms with Gasteiger partial charge in [0.25, 0.3) is 0 Å². The molecule has 0 saturated heterocycles. The molecule has 0 fully saturated rings. The number of sulfonamides is 1. The molecule has 0 bridgehead atoms. The number of hydrogen-bond donors (Lipinski definition) is 2. The maximum atomic E-state index is 12.6. The van der Waals surface area contributed by atoms with Gasteiger partial charge in [-0.1, -0.05) is 0 Å². The molecule has 2 aromatic rings. The highest BCUT2D eigenvalue weighted by molar-refractivity contribution is 7.89. The zero-order valence-electron chi connectivity index (χ0n) is 13.0. The number of benzene rings is 1. The highest BCUT2D eigenvalue weighted by Crippen LogP contribution is 2.28. The van der Waals surface area contributed by atoms with E-state index in [4.69, 9.17) is 14.7 Å². The summed E-state index contributed by atoms with van der Waals surface area (Å²) in [5.74, 6) is 0.655. The van der Waals surface area contributed by atoms with Gasteiger partial charge in [0.05, 0.1) is 12.0 Å². The molecule has 1 aromatic heterocycles. The van der Waals surface area contributed by atoms with E-state index in [0.29, 0.717) is 23.7 Å². The first-order valence-electron chi connectivity index (χ1n) is 7.05. The van der Waals surface area contributed by atoms with E-state index < -0.39 is 10.0 Å². The van der Waals surface area contributed by atoms with E-state index in [2.05, 4.69) is 0 Å². The number of hydrogen-bond acceptors (Lipinski definition) is 6. The minimum atomic E-state index is -3.43. The lowest BCUT2D eigenvalue weighted by molar-refractivity contribution is -0.116. The van der Waals surface area contributed by atoms with Crippen LogP contribution in [0.5, 0.6) is 5.75 Å². The zero-order chi connectivity index (χ0) is 17.6. The van der Waals surface area contributed by atoms with Gasteiger partial charge in [0.2, 0.25) is 16.4 Å². The van der Waals surface area contributed by atoms with Crippen LogP contribution in [0.1, 0.15) is 10.4 Å². The predicted octanol–water partition coefficient (Wildman–Crippen LogP) is 1.63. The summed E-state index contributed by atoms with van der Waals surface area (Å²) in [6.07, 6.45) is 0.975. The van der Waals surface area contributed by atoms with Gasteiger partial charge in [0, 0.05) is 18.0 Å². The fourth-order valence-corrected chi connectivity index (χ4v) is 4.63. The molecule has 1 aliphatic rings. The molecule has 24 heavy (non-hydrogen) atoms. The zero-order valence-corrected chi connectivity index (χ0v) is 14.6. The first kappa shape index (κ1) is 18.4. The summed E-state index contributed by atoms with van der Waals surface area (Å²) < 4.78 is 31.8. The van der Waals surface area contributed by atoms with Crippen molar-refractivity contribution in [2.45, 2.75) is 17.9 Å². The maximum absolute atomic E-state index is 12.6. The van der Waals surface area contributed by atoms with Crippen LogP contribution in [-0.4, -0.2) is 38.0 Å². The molecule has 0 atom stereocenters. The SMILES string of the molecule is COc1ccc(S(=O)(=O)N2CCc3sccc3C2)cc1.O=CNO. The van der Waals surface area contributed by atoms with E-state index in [0.717, 1.165) is 12.0 Å². The summed E-state index contributed by atoms with van der Waals surface area (Å²) in [6, 6.07) is 8.55. The first-order valence-corrected chi connectivity index (χ1v) is 9.37. The first-order chi connectivity index (χ1) is 11.5. The Kier molecular flexibility index (Phi) is 6.32. The maximum Gasteiger partial charge on any atom is 0.243 e. The Hall–Kier alpha value is -1.94. The van der Waals surface area contributed by atoms with Crippen molar-refractivity contribution >= 4 is 27.8 Å². The number of ether oxygens (including phenoxy) is 1. The van der Waals surface area contributed by atoms with Crippen molar-refractivity contribution in [3.63, 3.8) is 0 Å². The summed E-state index contributed by atoms with van der Waals surface area (Å²) in [6.45, 7) is 1.01. The molecule has 1 aromatic carbocycles. The monoisotopic (exact) mass is 370 g/mol. The van der Waals surface area contributed by atoms with Gasteiger partial charge in [-0.15, -0.1) is 11.3 Å². The second kappa shape index (κ2) is 8.25. The minimum absolute atomic E-state index is 0.181. The molecule has 2 N–H and O–H groups in total. The molecule has 0 saturated carbocycles. The Balaban J connectivity index is 0.000000471. The number of hydroxylamine groups is 1. The summed E-state index contributed by atoms with van der Waals surface area (Å²) in [7, 11) is -1.86. The van der Waals surface area contributed by atoms with E-state index in [1.165, 1.54) is 10.4 Å². The molecule has 1 aliphatic heterocycles. The molecule has 0 unspecified atom stereocenters. The van der Waals surface area contributed by atoms with Gasteiger partial charge in [-0.05, 0) is 47.7 Å². The molecule has 0 radical (unpaired) electrons. The average Bonchev–Trinajstić information content (AvgIpc) is 3.09. The van der Waals surface area contributed by atoms with Gasteiger partial charge in [0.15, 0.2) is 0 Å². The summed E-state index contributed by atoms with van der Waals surface area (Å²) in [5.41, 5.74) is 2.37. The van der Waals surface area contributed by atoms with Crippen molar-refractivity contribution in [2.24, 2.45) is 0 Å². The van der Waals surface area contributed by atoms with Crippen molar-refractivity contribution in [1.82, 2.24) is 9.79 Å². The highest BCUT2D eigenvalue weighted by atomic mass is 32.2. The van der Waals surface area contributed by atoms with Gasteiger partial charge < -0.3 is 4.74 Å². The third-order valence-electron chi connectivity index (χ3n) is 3.52. The van der Waals surface area contributed by atoms with Crippen LogP contribution in [-0.2, 0) is 27.8 Å². The second-order valence-electron chi connectivity index (χ2n) is 4.88. The smallest absolute Gasteiger partial charge is 0.243 e. The molecule has 3 rings (SSSR count). The van der Waals surface area contributed by atoms with E-state index in [-0.39, 0.29) is 6.41 Å². The third-order valence-corrected chi connectivity index (χ3v) is 6.40. The Morgan fingerprint density at radius 3 is 2.54 bits per heavy atom. The van der Waals surface area contributed by atoms with Crippen LogP contribution in [0.25, 0.3) is 0 Å². The molecule has 9 heteroatoms. The van der Waals surface area contributed by atoms with Crippen LogP contribution in [0.4, 0.5) is 0 Å². The Morgan fingerprint density at radius 2 is 1.96 bits per heavy atom. The summed E-state index contributed by atoms with van der Waals surface area (Å²) in [5, 5.41) is 9.28. The van der Waals surface area contributed by atoms with Crippen molar-refractivity contribution in [3.8, 4) is 5.75 Å². The lowest BCUT2D eigenvalue weighted by Crippen LogP contribution is -2.35. The molecule has 130 valence electrons. The van der Waals surface area contributed by atoms with Gasteiger partial charge in [-0.2, -0.15) is 4.31 Å². The van der Waals surface area contributed by atoms with Gasteiger partial charge in [-0.3, -0.25) is 10.0 Å². The van der Waals surface area contributed by atoms with Crippen molar-refractivity contribution in [1.29, 1.82) is 0 Å². The molecular weight excluding hydrogens is 352 g/mol. The standard InChI is InChI=1S/C14H15NO3S2.CH3NO2/c1-18-12-2-4-13(5-3-12)20(16,17)15-8-6-14-11(10-15)7-9-19-14;3-1-2-4/h2-5,7,9H,6,8,10H2,1H3;1,4H,(H,2,3). The Morgan fingerprint density at radius 1 is 1.29 bits per heavy atom. The minimum Gasteiger partial charge on any atom is -0.497 e. The highest BCUT2D eigenvalue weighted by Gasteiger charge is 2.28. The van der Waals surface area contributed by atoms with Gasteiger partial charge in [0.1, 0.15) is 5.75 Å². The van der Waals surface area contributed by atoms with E-state index in [1.807, 2.05) is 11.4 Å². The number of methoxy groups -OCH3 is 1. The molecule has 2 heterocycles. The molecule has 7 nitrogen and oxygen atoms in total. The van der Waals surface area contributed by atoms with E-state index in [9.17, 15) is 8.42 Å². The fraction of sp³-hybridized carbons (Fsp3) is 0.267. The lowest BCUT2D eigenvalue weighted by atomic mass is 10.1. The van der Waals surface area contributed by atoms with Crippen LogP contribution in [0, 0.1) is 0 Å². The third kappa shape index (κ3) is 4.12. The molecular formula is C15H18N2O5S2. The molecule has 1 amide bonds. The number of nitrogens with one attached hydrogen (secondary N) is 1. The van der Waals surface area contributed by atoms with Crippen LogP contribution >= 0.6 is 11.3 Å². The van der Waals surface area contributed by atoms with Crippen LogP contribution in [0.3, 0.4) is 0 Å². The summed E-state index contributed by atoms with van der Waals surface area (Å²) in [4.78, 5) is 10.4. The number of amides is 1. The Bertz CT molecular complexity index is 771. The number of nitrogens with zero attached hydrogens (tertiary/aromatic N) is 1. The topological polar surface area (TPSA) is 95.9 Å². The largest absolute Gasteiger partial charge is 0.497 e. The molecule has 0 spiro atoms. The number of rotatable bonds is 4. The number of carbonyl (C=O) groups excluding carboxylic acids is 1. The van der Waals surface area contributed by atoms with Crippen LogP contribution in [0.2, 0.25) is 0 Å². The number of fused-ring (bicyclic) bond motifs is 1. The van der Waals surface area contributed by atoms with Crippen LogP contribution in [0.15, 0.2) is 40.6 Å². The normalized spacial score (nSPS) is 14.1. The Labute approximate surface area is 144 Å². The average molecular weight is 370 g/mol. The predicted molar refractivity (Wildman–Crippen MR) is 89.6 cm³/mol. The quantitative estimate of drug-likeness (QED) is 0.484. The van der Waals surface area contributed by atoms with Crippen molar-refractivity contribution < 1.29 is 23.2 Å². The fourth-order valence-electron chi connectivity index (χ4n) is 2.32. The van der Waals surface area contributed by atoms with E-state index in [1.54, 1.807) is 47.0 Å². The van der Waals surface area contributed by atoms with Gasteiger partial charge in [-0.25, -0.2) is 13.9 Å². The number of carbonyl (C=O) groups is 1. The second-order valence-corrected chi connectivity index (χ2v) is 7.82. The van der Waals surface area contributed by atoms with Gasteiger partial charge >= 0.3 is 0 Å². The van der Waals surface area contributed by atoms with E-state index >= 15 is 0 Å². The summed E-state index contributed by atoms with van der Waals surface area (Å²) >= 11 is 1.70. The van der Waals surface area contributed by atoms with Crippen molar-refractivity contribution in [2.75, 3.05) is 13.7 Å². The lowest BCUT2D eigenvalue weighted by Gasteiger charge is -2.26. The van der Waals surface area contributed by atoms with Crippen molar-refractivity contribution in [3.05, 3.63) is 46.2 Å². The number of thiophene rings is 1.